The van der Waals surface area contributed by atoms with Crippen LogP contribution < -0.4 is 10.8 Å². The maximum Gasteiger partial charge on any atom is 0.326 e. The number of carbonyl (C=O) groups excluding carboxylic acids is 2. The van der Waals surface area contributed by atoms with Gasteiger partial charge in [0.15, 0.2) is 0 Å². The summed E-state index contributed by atoms with van der Waals surface area (Å²) in [6.07, 6.45) is 7.83. The van der Waals surface area contributed by atoms with E-state index in [1.165, 1.54) is 6.08 Å². The van der Waals surface area contributed by atoms with Crippen LogP contribution >= 0.6 is 0 Å². The molecular weight excluding hydrogens is 356 g/mol. The van der Waals surface area contributed by atoms with Crippen LogP contribution in [-0.2, 0) is 20.9 Å². The molecule has 6 nitrogen and oxygen atoms in total. The second kappa shape index (κ2) is 10.4. The first-order chi connectivity index (χ1) is 13.3. The lowest BCUT2D eigenvalue weighted by Gasteiger charge is -2.31. The third-order valence-corrected chi connectivity index (χ3v) is 5.04. The average Bonchev–Trinajstić information content (AvgIpc) is 3.17. The Hall–Kier alpha value is -2.18. The van der Waals surface area contributed by atoms with Crippen LogP contribution in [0.4, 0.5) is 0 Å². The topological polar surface area (TPSA) is 87.7 Å². The van der Waals surface area contributed by atoms with Gasteiger partial charge in [-0.15, -0.1) is 0 Å². The van der Waals surface area contributed by atoms with Crippen molar-refractivity contribution in [3.63, 3.8) is 0 Å². The Morgan fingerprint density at radius 1 is 1.25 bits per heavy atom. The zero-order valence-electron chi connectivity index (χ0n) is 17.0. The predicted octanol–water partition coefficient (Wildman–Crippen LogP) is 3.59. The van der Waals surface area contributed by atoms with Gasteiger partial charge in [0.1, 0.15) is 11.6 Å². The third-order valence-electron chi connectivity index (χ3n) is 5.04. The van der Waals surface area contributed by atoms with Crippen molar-refractivity contribution in [1.29, 1.82) is 0 Å². The predicted molar refractivity (Wildman–Crippen MR) is 108 cm³/mol. The fraction of sp³-hybridized carbons (Fsp3) is 0.545. The smallest absolute Gasteiger partial charge is 0.326 e. The lowest BCUT2D eigenvalue weighted by molar-refractivity contribution is -0.157. The SMILES string of the molecule is CC(C)CC(C)(NCc1ccc(C=CC(=O)NO)cc1)C(=O)OC1CCCC1. The van der Waals surface area contributed by atoms with Crippen LogP contribution in [0.2, 0.25) is 0 Å². The van der Waals surface area contributed by atoms with E-state index < -0.39 is 11.4 Å². The quantitative estimate of drug-likeness (QED) is 0.260. The Morgan fingerprint density at radius 2 is 1.89 bits per heavy atom. The number of carbonyl (C=O) groups is 2. The molecule has 1 saturated carbocycles. The van der Waals surface area contributed by atoms with Gasteiger partial charge in [-0.25, -0.2) is 5.48 Å². The van der Waals surface area contributed by atoms with E-state index in [0.717, 1.165) is 36.8 Å². The van der Waals surface area contributed by atoms with E-state index in [2.05, 4.69) is 19.2 Å². The van der Waals surface area contributed by atoms with Gasteiger partial charge in [-0.1, -0.05) is 38.1 Å². The number of esters is 1. The molecule has 0 spiro atoms. The molecule has 1 amide bonds. The zero-order chi connectivity index (χ0) is 20.6. The Kier molecular flexibility index (Phi) is 8.20. The molecule has 6 heteroatoms. The van der Waals surface area contributed by atoms with Crippen molar-refractivity contribution in [3.8, 4) is 0 Å². The van der Waals surface area contributed by atoms with E-state index in [1.807, 2.05) is 31.2 Å². The van der Waals surface area contributed by atoms with Crippen LogP contribution in [0.25, 0.3) is 6.08 Å². The number of nitrogens with one attached hydrogen (secondary N) is 2. The summed E-state index contributed by atoms with van der Waals surface area (Å²) < 4.78 is 5.78. The largest absolute Gasteiger partial charge is 0.461 e. The molecule has 1 aromatic rings. The first-order valence-corrected chi connectivity index (χ1v) is 9.99. The van der Waals surface area contributed by atoms with E-state index in [0.29, 0.717) is 18.9 Å². The Bertz CT molecular complexity index is 678. The van der Waals surface area contributed by atoms with E-state index in [-0.39, 0.29) is 12.1 Å². The number of ether oxygens (including phenoxy) is 1. The van der Waals surface area contributed by atoms with E-state index in [1.54, 1.807) is 11.6 Å². The molecule has 154 valence electrons. The molecule has 0 bridgehead atoms. The van der Waals surface area contributed by atoms with Crippen LogP contribution in [0.1, 0.15) is 64.0 Å². The van der Waals surface area contributed by atoms with Gasteiger partial charge < -0.3 is 4.74 Å². The normalized spacial score (nSPS) is 17.0. The minimum Gasteiger partial charge on any atom is -0.461 e. The summed E-state index contributed by atoms with van der Waals surface area (Å²) in [5.41, 5.74) is 2.71. The van der Waals surface area contributed by atoms with E-state index in [4.69, 9.17) is 9.94 Å². The summed E-state index contributed by atoms with van der Waals surface area (Å²) in [6, 6.07) is 7.66. The van der Waals surface area contributed by atoms with Gasteiger partial charge in [-0.3, -0.25) is 20.1 Å². The Morgan fingerprint density at radius 3 is 2.46 bits per heavy atom. The Labute approximate surface area is 167 Å². The lowest BCUT2D eigenvalue weighted by atomic mass is 9.90. The molecule has 1 aliphatic rings. The summed E-state index contributed by atoms with van der Waals surface area (Å²) in [5, 5.41) is 11.9. The molecule has 0 heterocycles. The van der Waals surface area contributed by atoms with Gasteiger partial charge in [-0.05, 0) is 62.1 Å². The summed E-state index contributed by atoms with van der Waals surface area (Å²) in [4.78, 5) is 23.9. The molecule has 28 heavy (non-hydrogen) atoms. The molecule has 0 aliphatic heterocycles. The summed E-state index contributed by atoms with van der Waals surface area (Å²) in [6.45, 7) is 6.68. The number of rotatable bonds is 9. The molecule has 0 aromatic heterocycles. The van der Waals surface area contributed by atoms with Crippen LogP contribution in [0, 0.1) is 5.92 Å². The van der Waals surface area contributed by atoms with Crippen LogP contribution in [0.15, 0.2) is 30.3 Å². The molecule has 1 fully saturated rings. The Balaban J connectivity index is 1.99. The summed E-state index contributed by atoms with van der Waals surface area (Å²) in [7, 11) is 0. The van der Waals surface area contributed by atoms with Crippen molar-refractivity contribution in [3.05, 3.63) is 41.5 Å². The second-order valence-electron chi connectivity index (χ2n) is 8.15. The maximum absolute atomic E-state index is 12.9. The molecule has 1 atom stereocenters. The van der Waals surface area contributed by atoms with Crippen molar-refractivity contribution in [1.82, 2.24) is 10.8 Å². The number of benzene rings is 1. The first kappa shape index (κ1) is 22.1. The number of hydroxylamine groups is 1. The molecule has 2 rings (SSSR count). The fourth-order valence-corrected chi connectivity index (χ4v) is 3.58. The molecular formula is C22H32N2O4. The number of amides is 1. The summed E-state index contributed by atoms with van der Waals surface area (Å²) in [5.74, 6) is -0.377. The third kappa shape index (κ3) is 6.77. The van der Waals surface area contributed by atoms with Crippen LogP contribution in [0.5, 0.6) is 0 Å². The molecule has 1 aromatic carbocycles. The van der Waals surface area contributed by atoms with E-state index >= 15 is 0 Å². The van der Waals surface area contributed by atoms with Crippen molar-refractivity contribution >= 4 is 18.0 Å². The maximum atomic E-state index is 12.9. The number of hydrogen-bond donors (Lipinski definition) is 3. The van der Waals surface area contributed by atoms with Gasteiger partial charge in [0.25, 0.3) is 5.91 Å². The van der Waals surface area contributed by atoms with Crippen molar-refractivity contribution in [2.45, 2.75) is 71.1 Å². The van der Waals surface area contributed by atoms with Crippen molar-refractivity contribution < 1.29 is 19.5 Å². The van der Waals surface area contributed by atoms with Crippen LogP contribution in [0.3, 0.4) is 0 Å². The van der Waals surface area contributed by atoms with E-state index in [9.17, 15) is 9.59 Å². The second-order valence-corrected chi connectivity index (χ2v) is 8.15. The highest BCUT2D eigenvalue weighted by Crippen LogP contribution is 2.25. The van der Waals surface area contributed by atoms with Gasteiger partial charge in [0.2, 0.25) is 0 Å². The van der Waals surface area contributed by atoms with Gasteiger partial charge in [-0.2, -0.15) is 0 Å². The lowest BCUT2D eigenvalue weighted by Crippen LogP contribution is -2.51. The monoisotopic (exact) mass is 388 g/mol. The van der Waals surface area contributed by atoms with Gasteiger partial charge in [0, 0.05) is 12.6 Å². The molecule has 0 radical (unpaired) electrons. The summed E-state index contributed by atoms with van der Waals surface area (Å²) >= 11 is 0. The van der Waals surface area contributed by atoms with Crippen molar-refractivity contribution in [2.75, 3.05) is 0 Å². The number of hydrogen-bond acceptors (Lipinski definition) is 5. The minimum atomic E-state index is -0.728. The standard InChI is InChI=1S/C22H32N2O4/c1-16(2)14-22(3,21(26)28-19-6-4-5-7-19)23-15-18-10-8-17(9-11-18)12-13-20(25)24-27/h8-13,16,19,23,27H,4-7,14-15H2,1-3H3,(H,24,25). The first-order valence-electron chi connectivity index (χ1n) is 9.99. The highest BCUT2D eigenvalue weighted by molar-refractivity contribution is 5.90. The molecule has 1 unspecified atom stereocenters. The molecule has 3 N–H and O–H groups in total. The van der Waals surface area contributed by atoms with Crippen molar-refractivity contribution in [2.24, 2.45) is 5.92 Å². The average molecular weight is 389 g/mol. The molecule has 1 aliphatic carbocycles. The van der Waals surface area contributed by atoms with Gasteiger partial charge >= 0.3 is 5.97 Å². The highest BCUT2D eigenvalue weighted by Gasteiger charge is 2.37. The zero-order valence-corrected chi connectivity index (χ0v) is 17.0. The van der Waals surface area contributed by atoms with Gasteiger partial charge in [0.05, 0.1) is 0 Å². The fourth-order valence-electron chi connectivity index (χ4n) is 3.58. The molecule has 0 saturated heterocycles. The highest BCUT2D eigenvalue weighted by atomic mass is 16.5. The van der Waals surface area contributed by atoms with Crippen LogP contribution in [-0.4, -0.2) is 28.7 Å². The minimum absolute atomic E-state index is 0.0583.